The Morgan fingerprint density at radius 1 is 1.20 bits per heavy atom. The number of nitrogens with zero attached hydrogens (tertiary/aromatic N) is 4. The zero-order valence-corrected chi connectivity index (χ0v) is 20.1. The van der Waals surface area contributed by atoms with Gasteiger partial charge in [0, 0.05) is 58.8 Å². The minimum absolute atomic E-state index is 0. The molecule has 0 aliphatic carbocycles. The van der Waals surface area contributed by atoms with Crippen LogP contribution in [-0.2, 0) is 13.1 Å². The molecule has 1 saturated heterocycles. The highest BCUT2D eigenvalue weighted by atomic mass is 127. The van der Waals surface area contributed by atoms with E-state index in [4.69, 9.17) is 25.6 Å². The predicted molar refractivity (Wildman–Crippen MR) is 126 cm³/mol. The molecule has 164 valence electrons. The molecule has 30 heavy (non-hydrogen) atoms. The number of aliphatic imine (C=N–C) groups is 1. The second kappa shape index (κ2) is 11.1. The highest BCUT2D eigenvalue weighted by Gasteiger charge is 2.21. The van der Waals surface area contributed by atoms with Gasteiger partial charge in [0.25, 0.3) is 0 Å². The fourth-order valence-corrected chi connectivity index (χ4v) is 3.85. The lowest BCUT2D eigenvalue weighted by atomic mass is 10.2. The molecule has 1 fully saturated rings. The predicted octanol–water partition coefficient (Wildman–Crippen LogP) is 3.00. The fourth-order valence-electron chi connectivity index (χ4n) is 3.57. The van der Waals surface area contributed by atoms with Gasteiger partial charge < -0.3 is 24.2 Å². The van der Waals surface area contributed by atoms with Crippen molar-refractivity contribution >= 4 is 41.5 Å². The van der Waals surface area contributed by atoms with E-state index in [0.29, 0.717) is 36.3 Å². The van der Waals surface area contributed by atoms with Crippen LogP contribution in [0.4, 0.5) is 0 Å². The van der Waals surface area contributed by atoms with Gasteiger partial charge in [0.05, 0.1) is 23.9 Å². The van der Waals surface area contributed by atoms with Crippen molar-refractivity contribution in [3.8, 4) is 11.5 Å². The highest BCUT2D eigenvalue weighted by molar-refractivity contribution is 14.0. The number of guanidine groups is 1. The summed E-state index contributed by atoms with van der Waals surface area (Å²) < 4.78 is 16.4. The number of hydrogen-bond acceptors (Lipinski definition) is 6. The Morgan fingerprint density at radius 3 is 2.73 bits per heavy atom. The van der Waals surface area contributed by atoms with Crippen LogP contribution in [-0.4, -0.2) is 67.4 Å². The zero-order valence-electron chi connectivity index (χ0n) is 17.0. The maximum absolute atomic E-state index is 6.40. The first-order valence-corrected chi connectivity index (χ1v) is 10.3. The lowest BCUT2D eigenvalue weighted by Crippen LogP contribution is -2.52. The van der Waals surface area contributed by atoms with E-state index in [1.54, 1.807) is 6.26 Å². The summed E-state index contributed by atoms with van der Waals surface area (Å²) in [6, 6.07) is 5.82. The van der Waals surface area contributed by atoms with Gasteiger partial charge in [-0.1, -0.05) is 16.8 Å². The summed E-state index contributed by atoms with van der Waals surface area (Å²) >= 11 is 6.40. The van der Waals surface area contributed by atoms with Gasteiger partial charge in [-0.3, -0.25) is 9.89 Å². The van der Waals surface area contributed by atoms with Crippen molar-refractivity contribution in [3.63, 3.8) is 0 Å². The molecule has 0 atom stereocenters. The second-order valence-electron chi connectivity index (χ2n) is 7.11. The Morgan fingerprint density at radius 2 is 2.00 bits per heavy atom. The van der Waals surface area contributed by atoms with Gasteiger partial charge in [-0.25, -0.2) is 0 Å². The standard InChI is InChI=1S/C20H26ClN5O3.HI/c1-22-20(26-6-4-25(5-7-26)14-16-3-10-29-24-16)23-13-15-11-17(21)19-18(12-15)27-8-2-9-28-19;/h3,10-12H,2,4-9,13-14H2,1H3,(H,22,23);1H. The maximum Gasteiger partial charge on any atom is 0.194 e. The molecule has 1 aromatic carbocycles. The lowest BCUT2D eigenvalue weighted by Gasteiger charge is -2.36. The van der Waals surface area contributed by atoms with E-state index in [1.807, 2.05) is 25.2 Å². The number of aromatic nitrogens is 1. The molecule has 1 N–H and O–H groups in total. The molecule has 2 aromatic rings. The van der Waals surface area contributed by atoms with Crippen molar-refractivity contribution in [3.05, 3.63) is 40.7 Å². The summed E-state index contributed by atoms with van der Waals surface area (Å²) in [5, 5.41) is 8.01. The summed E-state index contributed by atoms with van der Waals surface area (Å²) in [5.74, 6) is 2.23. The van der Waals surface area contributed by atoms with E-state index < -0.39 is 0 Å². The molecule has 0 bridgehead atoms. The molecule has 0 saturated carbocycles. The van der Waals surface area contributed by atoms with Crippen molar-refractivity contribution < 1.29 is 14.0 Å². The van der Waals surface area contributed by atoms with Crippen LogP contribution >= 0.6 is 35.6 Å². The number of nitrogens with one attached hydrogen (secondary N) is 1. The molecule has 2 aliphatic heterocycles. The van der Waals surface area contributed by atoms with Crippen molar-refractivity contribution in [2.24, 2.45) is 4.99 Å². The van der Waals surface area contributed by atoms with Crippen LogP contribution in [0.15, 0.2) is 34.0 Å². The molecule has 3 heterocycles. The molecule has 0 spiro atoms. The highest BCUT2D eigenvalue weighted by Crippen LogP contribution is 2.37. The average Bonchev–Trinajstić information content (AvgIpc) is 3.12. The second-order valence-corrected chi connectivity index (χ2v) is 7.52. The van der Waals surface area contributed by atoms with Gasteiger partial charge in [-0.2, -0.15) is 0 Å². The molecule has 0 unspecified atom stereocenters. The third-order valence-electron chi connectivity index (χ3n) is 5.07. The largest absolute Gasteiger partial charge is 0.489 e. The van der Waals surface area contributed by atoms with Gasteiger partial charge in [0.15, 0.2) is 17.5 Å². The summed E-state index contributed by atoms with van der Waals surface area (Å²) in [5.41, 5.74) is 2.00. The first kappa shape index (κ1) is 23.0. The van der Waals surface area contributed by atoms with Crippen molar-refractivity contribution in [2.75, 3.05) is 46.4 Å². The molecular formula is C20H27ClIN5O3. The Kier molecular flexibility index (Phi) is 8.46. The number of fused-ring (bicyclic) bond motifs is 1. The van der Waals surface area contributed by atoms with E-state index in [1.165, 1.54) is 0 Å². The van der Waals surface area contributed by atoms with Gasteiger partial charge in [0.1, 0.15) is 6.26 Å². The summed E-state index contributed by atoms with van der Waals surface area (Å²) in [7, 11) is 1.81. The Bertz CT molecular complexity index is 841. The first-order valence-electron chi connectivity index (χ1n) is 9.88. The minimum atomic E-state index is 0. The number of halogens is 2. The van der Waals surface area contributed by atoms with E-state index in [-0.39, 0.29) is 24.0 Å². The molecule has 2 aliphatic rings. The molecule has 4 rings (SSSR count). The first-order chi connectivity index (χ1) is 14.2. The number of ether oxygens (including phenoxy) is 2. The van der Waals surface area contributed by atoms with Crippen molar-refractivity contribution in [1.29, 1.82) is 0 Å². The summed E-state index contributed by atoms with van der Waals surface area (Å²) in [4.78, 5) is 9.08. The Hall–Kier alpha value is -1.72. The monoisotopic (exact) mass is 547 g/mol. The number of hydrogen-bond donors (Lipinski definition) is 1. The summed E-state index contributed by atoms with van der Waals surface area (Å²) in [6.45, 7) is 6.39. The normalized spacial score (nSPS) is 17.3. The minimum Gasteiger partial charge on any atom is -0.489 e. The molecule has 8 nitrogen and oxygen atoms in total. The lowest BCUT2D eigenvalue weighted by molar-refractivity contribution is 0.169. The molecular weight excluding hydrogens is 521 g/mol. The van der Waals surface area contributed by atoms with E-state index in [0.717, 1.165) is 56.4 Å². The molecule has 0 amide bonds. The molecule has 10 heteroatoms. The summed E-state index contributed by atoms with van der Waals surface area (Å²) in [6.07, 6.45) is 2.47. The number of benzene rings is 1. The SMILES string of the molecule is CN=C(NCc1cc(Cl)c2c(c1)OCCCO2)N1CCN(Cc2ccon2)CC1.I. The number of rotatable bonds is 4. The van der Waals surface area contributed by atoms with Crippen LogP contribution in [0.5, 0.6) is 11.5 Å². The van der Waals surface area contributed by atoms with Gasteiger partial charge in [-0.15, -0.1) is 24.0 Å². The third kappa shape index (κ3) is 5.70. The van der Waals surface area contributed by atoms with Crippen LogP contribution < -0.4 is 14.8 Å². The number of piperazine rings is 1. The third-order valence-corrected chi connectivity index (χ3v) is 5.35. The molecule has 0 radical (unpaired) electrons. The van der Waals surface area contributed by atoms with E-state index >= 15 is 0 Å². The average molecular weight is 548 g/mol. The smallest absolute Gasteiger partial charge is 0.194 e. The van der Waals surface area contributed by atoms with E-state index in [9.17, 15) is 0 Å². The van der Waals surface area contributed by atoms with Crippen LogP contribution in [0.1, 0.15) is 17.7 Å². The van der Waals surface area contributed by atoms with Gasteiger partial charge in [-0.05, 0) is 17.7 Å². The Balaban J connectivity index is 0.00000256. The topological polar surface area (TPSA) is 75.4 Å². The van der Waals surface area contributed by atoms with Crippen molar-refractivity contribution in [2.45, 2.75) is 19.5 Å². The van der Waals surface area contributed by atoms with Crippen LogP contribution in [0, 0.1) is 0 Å². The quantitative estimate of drug-likeness (QED) is 0.358. The van der Waals surface area contributed by atoms with Crippen LogP contribution in [0.25, 0.3) is 0 Å². The van der Waals surface area contributed by atoms with Crippen LogP contribution in [0.2, 0.25) is 5.02 Å². The van der Waals surface area contributed by atoms with Gasteiger partial charge in [0.2, 0.25) is 0 Å². The van der Waals surface area contributed by atoms with E-state index in [2.05, 4.69) is 25.3 Å². The fraction of sp³-hybridized carbons (Fsp3) is 0.500. The van der Waals surface area contributed by atoms with Crippen molar-refractivity contribution in [1.82, 2.24) is 20.3 Å². The maximum atomic E-state index is 6.40. The Labute approximate surface area is 198 Å². The van der Waals surface area contributed by atoms with Gasteiger partial charge >= 0.3 is 0 Å². The van der Waals surface area contributed by atoms with Crippen LogP contribution in [0.3, 0.4) is 0 Å². The zero-order chi connectivity index (χ0) is 20.1. The molecule has 1 aromatic heterocycles.